The van der Waals surface area contributed by atoms with Crippen LogP contribution in [0, 0.1) is 0 Å². The maximum absolute atomic E-state index is 12.3. The second-order valence-electron chi connectivity index (χ2n) is 3.87. The molecule has 1 heterocycles. The molecule has 0 radical (unpaired) electrons. The zero-order chi connectivity index (χ0) is 12.6. The van der Waals surface area contributed by atoms with Gasteiger partial charge in [-0.2, -0.15) is 13.2 Å². The van der Waals surface area contributed by atoms with Crippen LogP contribution in [0.5, 0.6) is 5.75 Å². The van der Waals surface area contributed by atoms with Crippen LogP contribution < -0.4 is 4.74 Å². The highest BCUT2D eigenvalue weighted by atomic mass is 79.9. The first-order valence-electron chi connectivity index (χ1n) is 5.03. The summed E-state index contributed by atoms with van der Waals surface area (Å²) in [4.78, 5) is -0.826. The molecule has 1 aliphatic rings. The number of fused-ring (bicyclic) bond motifs is 1. The third-order valence-corrected chi connectivity index (χ3v) is 3.56. The standard InChI is InChI=1S/C11H9BrClF3O/c12-9(5-11(14,15)16)8-4-7(13)3-6-1-2-17-10(6)8/h3-4,9H,1-2,5H2. The Labute approximate surface area is 110 Å². The van der Waals surface area contributed by atoms with Crippen LogP contribution in [0.25, 0.3) is 0 Å². The maximum atomic E-state index is 12.3. The van der Waals surface area contributed by atoms with Gasteiger partial charge in [-0.05, 0) is 17.7 Å². The van der Waals surface area contributed by atoms with Crippen molar-refractivity contribution in [1.29, 1.82) is 0 Å². The van der Waals surface area contributed by atoms with E-state index in [0.29, 0.717) is 29.4 Å². The summed E-state index contributed by atoms with van der Waals surface area (Å²) < 4.78 is 42.4. The van der Waals surface area contributed by atoms with Gasteiger partial charge in [-0.15, -0.1) is 0 Å². The van der Waals surface area contributed by atoms with Gasteiger partial charge in [0.2, 0.25) is 0 Å². The van der Waals surface area contributed by atoms with Crippen LogP contribution in [-0.2, 0) is 6.42 Å². The summed E-state index contributed by atoms with van der Waals surface area (Å²) in [5.41, 5.74) is 1.35. The first-order chi connectivity index (χ1) is 7.87. The predicted octanol–water partition coefficient (Wildman–Crippen LogP) is 4.66. The number of alkyl halides is 4. The Morgan fingerprint density at radius 1 is 1.41 bits per heavy atom. The van der Waals surface area contributed by atoms with Crippen LogP contribution in [0.4, 0.5) is 13.2 Å². The van der Waals surface area contributed by atoms with Gasteiger partial charge in [-0.25, -0.2) is 0 Å². The van der Waals surface area contributed by atoms with E-state index in [0.717, 1.165) is 5.56 Å². The van der Waals surface area contributed by atoms with Crippen molar-refractivity contribution in [3.05, 3.63) is 28.3 Å². The van der Waals surface area contributed by atoms with Gasteiger partial charge in [0.05, 0.1) is 17.9 Å². The number of hydrogen-bond acceptors (Lipinski definition) is 1. The molecule has 1 nitrogen and oxygen atoms in total. The van der Waals surface area contributed by atoms with Crippen molar-refractivity contribution in [2.45, 2.75) is 23.8 Å². The number of halogens is 5. The Bertz CT molecular complexity index is 433. The molecule has 0 amide bonds. The summed E-state index contributed by atoms with van der Waals surface area (Å²) in [6.45, 7) is 0.494. The molecular formula is C11H9BrClF3O. The highest BCUT2D eigenvalue weighted by Gasteiger charge is 2.33. The minimum Gasteiger partial charge on any atom is -0.493 e. The highest BCUT2D eigenvalue weighted by molar-refractivity contribution is 9.09. The van der Waals surface area contributed by atoms with E-state index in [-0.39, 0.29) is 0 Å². The smallest absolute Gasteiger partial charge is 0.390 e. The van der Waals surface area contributed by atoms with Crippen molar-refractivity contribution in [3.63, 3.8) is 0 Å². The lowest BCUT2D eigenvalue weighted by molar-refractivity contribution is -0.134. The molecule has 17 heavy (non-hydrogen) atoms. The zero-order valence-electron chi connectivity index (χ0n) is 8.65. The molecule has 1 aromatic carbocycles. The third kappa shape index (κ3) is 3.07. The fourth-order valence-electron chi connectivity index (χ4n) is 1.84. The Kier molecular flexibility index (Phi) is 3.59. The van der Waals surface area contributed by atoms with Crippen molar-refractivity contribution in [1.82, 2.24) is 0 Å². The highest BCUT2D eigenvalue weighted by Crippen LogP contribution is 2.43. The summed E-state index contributed by atoms with van der Waals surface area (Å²) in [5.74, 6) is 0.542. The quantitative estimate of drug-likeness (QED) is 0.717. The lowest BCUT2D eigenvalue weighted by Gasteiger charge is -2.16. The summed E-state index contributed by atoms with van der Waals surface area (Å²) in [6.07, 6.45) is -4.47. The van der Waals surface area contributed by atoms with Gasteiger partial charge in [0.1, 0.15) is 5.75 Å². The molecule has 1 atom stereocenters. The number of benzene rings is 1. The van der Waals surface area contributed by atoms with E-state index in [1.165, 1.54) is 6.07 Å². The minimum absolute atomic E-state index is 0.441. The number of hydrogen-bond donors (Lipinski definition) is 0. The normalized spacial score (nSPS) is 16.5. The average Bonchev–Trinajstić information content (AvgIpc) is 2.60. The third-order valence-electron chi connectivity index (χ3n) is 2.53. The van der Waals surface area contributed by atoms with Gasteiger partial charge in [-0.3, -0.25) is 0 Å². The Balaban J connectivity index is 2.32. The van der Waals surface area contributed by atoms with E-state index in [1.54, 1.807) is 6.07 Å². The molecule has 0 saturated carbocycles. The molecule has 1 aromatic rings. The van der Waals surface area contributed by atoms with Crippen LogP contribution >= 0.6 is 27.5 Å². The predicted molar refractivity (Wildman–Crippen MR) is 63.0 cm³/mol. The van der Waals surface area contributed by atoms with Gasteiger partial charge in [0.15, 0.2) is 0 Å². The Hall–Kier alpha value is -0.420. The lowest BCUT2D eigenvalue weighted by atomic mass is 10.0. The second kappa shape index (κ2) is 4.69. The SMILES string of the molecule is FC(F)(F)CC(Br)c1cc(Cl)cc2c1OCC2. The van der Waals surface area contributed by atoms with Crippen molar-refractivity contribution in [2.24, 2.45) is 0 Å². The van der Waals surface area contributed by atoms with Gasteiger partial charge >= 0.3 is 6.18 Å². The first-order valence-corrected chi connectivity index (χ1v) is 6.32. The Morgan fingerprint density at radius 3 is 2.76 bits per heavy atom. The van der Waals surface area contributed by atoms with Crippen LogP contribution in [-0.4, -0.2) is 12.8 Å². The van der Waals surface area contributed by atoms with Gasteiger partial charge < -0.3 is 4.74 Å². The molecular weight excluding hydrogens is 320 g/mol. The lowest BCUT2D eigenvalue weighted by Crippen LogP contribution is -2.11. The molecule has 0 saturated heterocycles. The summed E-state index contributed by atoms with van der Waals surface area (Å²) in [7, 11) is 0. The molecule has 1 aliphatic heterocycles. The number of ether oxygens (including phenoxy) is 1. The molecule has 1 unspecified atom stereocenters. The molecule has 0 N–H and O–H groups in total. The van der Waals surface area contributed by atoms with Gasteiger partial charge in [-0.1, -0.05) is 27.5 Å². The van der Waals surface area contributed by atoms with Gasteiger partial charge in [0, 0.05) is 17.0 Å². The van der Waals surface area contributed by atoms with Crippen molar-refractivity contribution in [3.8, 4) is 5.75 Å². The van der Waals surface area contributed by atoms with E-state index in [9.17, 15) is 13.2 Å². The molecule has 6 heteroatoms. The zero-order valence-corrected chi connectivity index (χ0v) is 11.0. The number of rotatable bonds is 2. The second-order valence-corrected chi connectivity index (χ2v) is 5.41. The van der Waals surface area contributed by atoms with Crippen molar-refractivity contribution in [2.75, 3.05) is 6.61 Å². The fraction of sp³-hybridized carbons (Fsp3) is 0.455. The molecule has 94 valence electrons. The van der Waals surface area contributed by atoms with E-state index < -0.39 is 17.4 Å². The first kappa shape index (κ1) is 13.0. The van der Waals surface area contributed by atoms with E-state index in [2.05, 4.69) is 15.9 Å². The van der Waals surface area contributed by atoms with Crippen molar-refractivity contribution >= 4 is 27.5 Å². The van der Waals surface area contributed by atoms with E-state index in [4.69, 9.17) is 16.3 Å². The monoisotopic (exact) mass is 328 g/mol. The minimum atomic E-state index is -4.22. The molecule has 0 spiro atoms. The summed E-state index contributed by atoms with van der Waals surface area (Å²) >= 11 is 8.94. The molecule has 0 aliphatic carbocycles. The summed E-state index contributed by atoms with van der Waals surface area (Å²) in [5, 5.41) is 0.441. The van der Waals surface area contributed by atoms with Gasteiger partial charge in [0.25, 0.3) is 0 Å². The van der Waals surface area contributed by atoms with Crippen LogP contribution in [0.3, 0.4) is 0 Å². The largest absolute Gasteiger partial charge is 0.493 e. The van der Waals surface area contributed by atoms with Crippen LogP contribution in [0.2, 0.25) is 5.02 Å². The molecule has 0 aromatic heterocycles. The molecule has 0 fully saturated rings. The average molecular weight is 330 g/mol. The maximum Gasteiger partial charge on any atom is 0.390 e. The van der Waals surface area contributed by atoms with E-state index in [1.807, 2.05) is 0 Å². The van der Waals surface area contributed by atoms with Crippen LogP contribution in [0.1, 0.15) is 22.4 Å². The molecule has 2 rings (SSSR count). The summed E-state index contributed by atoms with van der Waals surface area (Å²) in [6, 6.07) is 3.26. The molecule has 0 bridgehead atoms. The van der Waals surface area contributed by atoms with E-state index >= 15 is 0 Å². The topological polar surface area (TPSA) is 9.23 Å². The van der Waals surface area contributed by atoms with Crippen LogP contribution in [0.15, 0.2) is 12.1 Å². The Morgan fingerprint density at radius 2 is 2.12 bits per heavy atom. The fourth-order valence-corrected chi connectivity index (χ4v) is 2.80. The van der Waals surface area contributed by atoms with Crippen molar-refractivity contribution < 1.29 is 17.9 Å².